The van der Waals surface area contributed by atoms with Crippen molar-refractivity contribution < 1.29 is 9.90 Å². The molecule has 1 aromatic carbocycles. The molecule has 3 heteroatoms. The highest BCUT2D eigenvalue weighted by molar-refractivity contribution is 5.91. The van der Waals surface area contributed by atoms with Gasteiger partial charge in [0, 0.05) is 12.6 Å². The van der Waals surface area contributed by atoms with E-state index in [0.717, 1.165) is 11.1 Å². The summed E-state index contributed by atoms with van der Waals surface area (Å²) in [5.41, 5.74) is 2.15. The van der Waals surface area contributed by atoms with Crippen molar-refractivity contribution in [3.05, 3.63) is 41.5 Å². The fourth-order valence-electron chi connectivity index (χ4n) is 1.44. The first kappa shape index (κ1) is 14.5. The van der Waals surface area contributed by atoms with E-state index in [1.165, 1.54) is 6.08 Å². The van der Waals surface area contributed by atoms with Crippen LogP contribution in [-0.4, -0.2) is 23.7 Å². The highest BCUT2D eigenvalue weighted by Crippen LogP contribution is 2.08. The second kappa shape index (κ2) is 6.97. The lowest BCUT2D eigenvalue weighted by molar-refractivity contribution is -0.117. The van der Waals surface area contributed by atoms with Crippen molar-refractivity contribution >= 4 is 12.0 Å². The third kappa shape index (κ3) is 4.72. The first-order valence-electron chi connectivity index (χ1n) is 6.20. The van der Waals surface area contributed by atoms with Gasteiger partial charge < -0.3 is 10.4 Å². The van der Waals surface area contributed by atoms with E-state index < -0.39 is 6.10 Å². The molecule has 0 aliphatic heterocycles. The molecule has 0 spiro atoms. The number of hydrogen-bond acceptors (Lipinski definition) is 2. The lowest BCUT2D eigenvalue weighted by atomic mass is 10.1. The predicted molar refractivity (Wildman–Crippen MR) is 74.1 cm³/mol. The number of aliphatic hydroxyl groups is 1. The average Bonchev–Trinajstić information content (AvgIpc) is 2.34. The monoisotopic (exact) mass is 247 g/mol. The van der Waals surface area contributed by atoms with E-state index >= 15 is 0 Å². The van der Waals surface area contributed by atoms with E-state index in [1.807, 2.05) is 45.0 Å². The minimum absolute atomic E-state index is 0.144. The van der Waals surface area contributed by atoms with Crippen LogP contribution in [0, 0.1) is 12.8 Å². The number of aryl methyl sites for hydroxylation is 1. The molecule has 1 atom stereocenters. The molecule has 98 valence electrons. The van der Waals surface area contributed by atoms with Gasteiger partial charge in [-0.1, -0.05) is 38.1 Å². The normalized spacial score (nSPS) is 12.9. The van der Waals surface area contributed by atoms with Crippen LogP contribution in [-0.2, 0) is 4.79 Å². The third-order valence-corrected chi connectivity index (χ3v) is 2.86. The predicted octanol–water partition coefficient (Wildman–Crippen LogP) is 2.14. The molecular weight excluding hydrogens is 226 g/mol. The van der Waals surface area contributed by atoms with Gasteiger partial charge in [0.2, 0.25) is 5.91 Å². The summed E-state index contributed by atoms with van der Waals surface area (Å²) >= 11 is 0. The smallest absolute Gasteiger partial charge is 0.244 e. The summed E-state index contributed by atoms with van der Waals surface area (Å²) in [4.78, 5) is 11.5. The lowest BCUT2D eigenvalue weighted by Crippen LogP contribution is -2.33. The van der Waals surface area contributed by atoms with Gasteiger partial charge in [0.15, 0.2) is 0 Å². The van der Waals surface area contributed by atoms with E-state index in [-0.39, 0.29) is 18.4 Å². The molecule has 0 aromatic heterocycles. The molecule has 1 rings (SSSR count). The van der Waals surface area contributed by atoms with Crippen molar-refractivity contribution in [3.8, 4) is 0 Å². The zero-order valence-electron chi connectivity index (χ0n) is 11.2. The first-order chi connectivity index (χ1) is 8.50. The Labute approximate surface area is 109 Å². The van der Waals surface area contributed by atoms with E-state index in [2.05, 4.69) is 5.32 Å². The van der Waals surface area contributed by atoms with Gasteiger partial charge in [-0.15, -0.1) is 0 Å². The van der Waals surface area contributed by atoms with Crippen LogP contribution >= 0.6 is 0 Å². The van der Waals surface area contributed by atoms with Crippen LogP contribution in [0.15, 0.2) is 30.3 Å². The molecule has 2 N–H and O–H groups in total. The Morgan fingerprint density at radius 2 is 2.06 bits per heavy atom. The molecule has 0 aliphatic rings. The van der Waals surface area contributed by atoms with Crippen molar-refractivity contribution in [2.75, 3.05) is 6.54 Å². The number of hydrogen-bond donors (Lipinski definition) is 2. The Morgan fingerprint density at radius 1 is 1.39 bits per heavy atom. The summed E-state index contributed by atoms with van der Waals surface area (Å²) in [7, 11) is 0. The standard InChI is InChI=1S/C15H21NO2/c1-11(2)14(17)10-16-15(18)9-8-13-7-5-4-6-12(13)3/h4-9,11,14,17H,10H2,1-3H3,(H,16,18)/b9-8+. The maximum Gasteiger partial charge on any atom is 0.244 e. The van der Waals surface area contributed by atoms with Gasteiger partial charge >= 0.3 is 0 Å². The van der Waals surface area contributed by atoms with Crippen molar-refractivity contribution in [2.45, 2.75) is 26.9 Å². The molecule has 0 saturated carbocycles. The van der Waals surface area contributed by atoms with E-state index in [1.54, 1.807) is 6.08 Å². The summed E-state index contributed by atoms with van der Waals surface area (Å²) in [6, 6.07) is 7.86. The van der Waals surface area contributed by atoms with Crippen molar-refractivity contribution in [1.82, 2.24) is 5.32 Å². The van der Waals surface area contributed by atoms with Gasteiger partial charge in [-0.25, -0.2) is 0 Å². The lowest BCUT2D eigenvalue weighted by Gasteiger charge is -2.14. The molecule has 18 heavy (non-hydrogen) atoms. The largest absolute Gasteiger partial charge is 0.391 e. The van der Waals surface area contributed by atoms with Crippen LogP contribution in [0.4, 0.5) is 0 Å². The second-order valence-electron chi connectivity index (χ2n) is 4.75. The summed E-state index contributed by atoms with van der Waals surface area (Å²) in [6.07, 6.45) is 2.78. The van der Waals surface area contributed by atoms with Crippen LogP contribution in [0.25, 0.3) is 6.08 Å². The van der Waals surface area contributed by atoms with Crippen LogP contribution < -0.4 is 5.32 Å². The molecule has 0 fully saturated rings. The SMILES string of the molecule is Cc1ccccc1/C=C/C(=O)NCC(O)C(C)C. The topological polar surface area (TPSA) is 49.3 Å². The third-order valence-electron chi connectivity index (χ3n) is 2.86. The van der Waals surface area contributed by atoms with Gasteiger partial charge in [-0.2, -0.15) is 0 Å². The summed E-state index contributed by atoms with van der Waals surface area (Å²) in [5, 5.41) is 12.2. The second-order valence-corrected chi connectivity index (χ2v) is 4.75. The molecule has 0 aliphatic carbocycles. The van der Waals surface area contributed by atoms with Gasteiger partial charge in [0.1, 0.15) is 0 Å². The van der Waals surface area contributed by atoms with Crippen LogP contribution in [0.3, 0.4) is 0 Å². The van der Waals surface area contributed by atoms with Gasteiger partial charge in [0.25, 0.3) is 0 Å². The van der Waals surface area contributed by atoms with Crippen molar-refractivity contribution in [2.24, 2.45) is 5.92 Å². The number of carbonyl (C=O) groups excluding carboxylic acids is 1. The Kier molecular flexibility index (Phi) is 5.59. The Bertz CT molecular complexity index is 424. The summed E-state index contributed by atoms with van der Waals surface area (Å²) in [6.45, 7) is 6.12. The van der Waals surface area contributed by atoms with E-state index in [0.29, 0.717) is 0 Å². The molecule has 1 unspecified atom stereocenters. The maximum absolute atomic E-state index is 11.5. The Hall–Kier alpha value is -1.61. The minimum atomic E-state index is -0.499. The van der Waals surface area contributed by atoms with Crippen molar-refractivity contribution in [3.63, 3.8) is 0 Å². The molecule has 3 nitrogen and oxygen atoms in total. The highest BCUT2D eigenvalue weighted by atomic mass is 16.3. The summed E-state index contributed by atoms with van der Waals surface area (Å²) in [5.74, 6) is -0.0383. The van der Waals surface area contributed by atoms with Crippen LogP contribution in [0.2, 0.25) is 0 Å². The maximum atomic E-state index is 11.5. The van der Waals surface area contributed by atoms with E-state index in [9.17, 15) is 9.90 Å². The molecule has 0 saturated heterocycles. The van der Waals surface area contributed by atoms with Gasteiger partial charge in [-0.05, 0) is 30.0 Å². The van der Waals surface area contributed by atoms with Gasteiger partial charge in [0.05, 0.1) is 6.10 Å². The zero-order chi connectivity index (χ0) is 13.5. The van der Waals surface area contributed by atoms with Crippen LogP contribution in [0.1, 0.15) is 25.0 Å². The fraction of sp³-hybridized carbons (Fsp3) is 0.400. The molecular formula is C15H21NO2. The average molecular weight is 247 g/mol. The Balaban J connectivity index is 2.48. The quantitative estimate of drug-likeness (QED) is 0.783. The molecule has 1 aromatic rings. The number of nitrogens with one attached hydrogen (secondary N) is 1. The summed E-state index contributed by atoms with van der Waals surface area (Å²) < 4.78 is 0. The zero-order valence-corrected chi connectivity index (χ0v) is 11.2. The number of rotatable bonds is 5. The minimum Gasteiger partial charge on any atom is -0.391 e. The number of aliphatic hydroxyl groups excluding tert-OH is 1. The number of carbonyl (C=O) groups is 1. The van der Waals surface area contributed by atoms with Gasteiger partial charge in [-0.3, -0.25) is 4.79 Å². The molecule has 0 radical (unpaired) electrons. The molecule has 0 bridgehead atoms. The number of benzene rings is 1. The van der Waals surface area contributed by atoms with Crippen LogP contribution in [0.5, 0.6) is 0 Å². The van der Waals surface area contributed by atoms with Crippen molar-refractivity contribution in [1.29, 1.82) is 0 Å². The number of amides is 1. The highest BCUT2D eigenvalue weighted by Gasteiger charge is 2.09. The fourth-order valence-corrected chi connectivity index (χ4v) is 1.44. The Morgan fingerprint density at radius 3 is 2.67 bits per heavy atom. The molecule has 0 heterocycles. The first-order valence-corrected chi connectivity index (χ1v) is 6.20. The van der Waals surface area contributed by atoms with E-state index in [4.69, 9.17) is 0 Å². The molecule has 1 amide bonds.